The molecule has 130 valence electrons. The lowest BCUT2D eigenvalue weighted by Gasteiger charge is -2.15. The van der Waals surface area contributed by atoms with E-state index in [4.69, 9.17) is 4.52 Å². The predicted octanol–water partition coefficient (Wildman–Crippen LogP) is 4.76. The summed E-state index contributed by atoms with van der Waals surface area (Å²) in [6, 6.07) is 11.7. The van der Waals surface area contributed by atoms with Crippen molar-refractivity contribution >= 4 is 33.2 Å². The largest absolute Gasteiger partial charge is 0.350 e. The van der Waals surface area contributed by atoms with E-state index in [2.05, 4.69) is 31.4 Å². The highest BCUT2D eigenvalue weighted by Crippen LogP contribution is 2.23. The molecular formula is C18H18BrN3O2S. The lowest BCUT2D eigenvalue weighted by atomic mass is 10.1. The molecule has 0 saturated heterocycles. The number of aromatic nitrogens is 2. The van der Waals surface area contributed by atoms with Crippen molar-refractivity contribution in [1.29, 1.82) is 0 Å². The number of benzene rings is 1. The third kappa shape index (κ3) is 4.76. The molecule has 0 fully saturated rings. The minimum atomic E-state index is -0.0445. The maximum atomic E-state index is 12.1. The Morgan fingerprint density at radius 3 is 2.92 bits per heavy atom. The maximum Gasteiger partial charge on any atom is 0.226 e. The molecule has 7 heteroatoms. The third-order valence-corrected chi connectivity index (χ3v) is 5.34. The van der Waals surface area contributed by atoms with Gasteiger partial charge >= 0.3 is 0 Å². The van der Waals surface area contributed by atoms with Gasteiger partial charge < -0.3 is 9.84 Å². The molecule has 0 aliphatic carbocycles. The first-order valence-electron chi connectivity index (χ1n) is 8.03. The number of nitrogens with zero attached hydrogens (tertiary/aromatic N) is 2. The highest BCUT2D eigenvalue weighted by atomic mass is 79.9. The molecule has 2 heterocycles. The van der Waals surface area contributed by atoms with Gasteiger partial charge in [-0.3, -0.25) is 4.79 Å². The number of aryl methyl sites for hydroxylation is 1. The molecule has 2 aromatic heterocycles. The van der Waals surface area contributed by atoms with E-state index < -0.39 is 0 Å². The Morgan fingerprint density at radius 1 is 1.32 bits per heavy atom. The SMILES string of the molecule is CC(NC(=O)CCCc1nc(-c2cccs2)no1)c1ccccc1Br. The molecule has 0 saturated carbocycles. The first kappa shape index (κ1) is 17.8. The molecule has 5 nitrogen and oxygen atoms in total. The summed E-state index contributed by atoms with van der Waals surface area (Å²) in [6.07, 6.45) is 1.68. The normalized spacial score (nSPS) is 12.1. The van der Waals surface area contributed by atoms with Crippen LogP contribution in [-0.2, 0) is 11.2 Å². The Hall–Kier alpha value is -1.99. The molecule has 25 heavy (non-hydrogen) atoms. The van der Waals surface area contributed by atoms with Crippen molar-refractivity contribution in [3.05, 3.63) is 57.7 Å². The third-order valence-electron chi connectivity index (χ3n) is 3.75. The van der Waals surface area contributed by atoms with E-state index in [0.29, 0.717) is 31.0 Å². The number of hydrogen-bond acceptors (Lipinski definition) is 5. The molecule has 0 aliphatic heterocycles. The topological polar surface area (TPSA) is 68.0 Å². The van der Waals surface area contributed by atoms with Gasteiger partial charge in [-0.15, -0.1) is 11.3 Å². The Morgan fingerprint density at radius 2 is 2.16 bits per heavy atom. The molecule has 0 aliphatic rings. The number of rotatable bonds is 7. The maximum absolute atomic E-state index is 12.1. The predicted molar refractivity (Wildman–Crippen MR) is 101 cm³/mol. The lowest BCUT2D eigenvalue weighted by Crippen LogP contribution is -2.26. The summed E-state index contributed by atoms with van der Waals surface area (Å²) in [4.78, 5) is 17.5. The standard InChI is InChI=1S/C18H18BrN3O2S/c1-12(13-6-2-3-7-14(13)19)20-16(23)9-4-10-17-21-18(22-24-17)15-8-5-11-25-15/h2-3,5-8,11-12H,4,9-10H2,1H3,(H,20,23). The van der Waals surface area contributed by atoms with Crippen LogP contribution in [0.2, 0.25) is 0 Å². The molecular weight excluding hydrogens is 402 g/mol. The van der Waals surface area contributed by atoms with Gasteiger partial charge in [-0.1, -0.05) is 45.4 Å². The minimum Gasteiger partial charge on any atom is -0.350 e. The van der Waals surface area contributed by atoms with Crippen LogP contribution in [-0.4, -0.2) is 16.0 Å². The van der Waals surface area contributed by atoms with E-state index in [1.165, 1.54) is 0 Å². The van der Waals surface area contributed by atoms with E-state index in [0.717, 1.165) is 14.9 Å². The Kier molecular flexibility index (Phi) is 5.99. The van der Waals surface area contributed by atoms with Gasteiger partial charge in [0, 0.05) is 17.3 Å². The Balaban J connectivity index is 1.46. The van der Waals surface area contributed by atoms with Crippen molar-refractivity contribution < 1.29 is 9.32 Å². The van der Waals surface area contributed by atoms with Crippen LogP contribution in [0.25, 0.3) is 10.7 Å². The van der Waals surface area contributed by atoms with Crippen LogP contribution in [0.1, 0.15) is 37.3 Å². The zero-order chi connectivity index (χ0) is 17.6. The average Bonchev–Trinajstić information content (AvgIpc) is 3.26. The molecule has 1 amide bonds. The van der Waals surface area contributed by atoms with Crippen LogP contribution in [0.5, 0.6) is 0 Å². The molecule has 1 aromatic carbocycles. The molecule has 0 spiro atoms. The minimum absolute atomic E-state index is 0.0150. The van der Waals surface area contributed by atoms with Crippen LogP contribution in [0.4, 0.5) is 0 Å². The molecule has 3 aromatic rings. The van der Waals surface area contributed by atoms with Gasteiger partial charge in [-0.25, -0.2) is 0 Å². The van der Waals surface area contributed by atoms with Crippen LogP contribution in [0.3, 0.4) is 0 Å². The van der Waals surface area contributed by atoms with Crippen molar-refractivity contribution in [3.8, 4) is 10.7 Å². The number of hydrogen-bond donors (Lipinski definition) is 1. The summed E-state index contributed by atoms with van der Waals surface area (Å²) in [7, 11) is 0. The smallest absolute Gasteiger partial charge is 0.226 e. The van der Waals surface area contributed by atoms with Crippen LogP contribution in [0.15, 0.2) is 50.8 Å². The van der Waals surface area contributed by atoms with Gasteiger partial charge in [-0.2, -0.15) is 4.98 Å². The second-order valence-electron chi connectivity index (χ2n) is 5.65. The first-order valence-corrected chi connectivity index (χ1v) is 9.71. The number of carbonyl (C=O) groups is 1. The van der Waals surface area contributed by atoms with Gasteiger partial charge in [0.05, 0.1) is 10.9 Å². The van der Waals surface area contributed by atoms with Crippen LogP contribution >= 0.6 is 27.3 Å². The average molecular weight is 420 g/mol. The molecule has 0 radical (unpaired) electrons. The van der Waals surface area contributed by atoms with Crippen molar-refractivity contribution in [2.75, 3.05) is 0 Å². The van der Waals surface area contributed by atoms with Crippen LogP contribution < -0.4 is 5.32 Å². The fraction of sp³-hybridized carbons (Fsp3) is 0.278. The number of amides is 1. The number of halogens is 1. The summed E-state index contributed by atoms with van der Waals surface area (Å²) in [5.74, 6) is 1.19. The quantitative estimate of drug-likeness (QED) is 0.599. The summed E-state index contributed by atoms with van der Waals surface area (Å²) in [5, 5.41) is 8.96. The second kappa shape index (κ2) is 8.40. The summed E-state index contributed by atoms with van der Waals surface area (Å²) in [6.45, 7) is 1.98. The van der Waals surface area contributed by atoms with Gasteiger partial charge in [0.25, 0.3) is 0 Å². The summed E-state index contributed by atoms with van der Waals surface area (Å²) < 4.78 is 6.24. The molecule has 0 bridgehead atoms. The monoisotopic (exact) mass is 419 g/mol. The second-order valence-corrected chi connectivity index (χ2v) is 7.46. The fourth-order valence-corrected chi connectivity index (χ4v) is 3.76. The van der Waals surface area contributed by atoms with Crippen molar-refractivity contribution in [2.45, 2.75) is 32.2 Å². The molecule has 1 N–H and O–H groups in total. The van der Waals surface area contributed by atoms with Crippen molar-refractivity contribution in [1.82, 2.24) is 15.5 Å². The molecule has 1 unspecified atom stereocenters. The van der Waals surface area contributed by atoms with Crippen molar-refractivity contribution in [3.63, 3.8) is 0 Å². The van der Waals surface area contributed by atoms with Gasteiger partial charge in [0.15, 0.2) is 0 Å². The highest BCUT2D eigenvalue weighted by molar-refractivity contribution is 9.10. The van der Waals surface area contributed by atoms with Gasteiger partial charge in [0.1, 0.15) is 0 Å². The Labute approximate surface area is 158 Å². The zero-order valence-electron chi connectivity index (χ0n) is 13.7. The van der Waals surface area contributed by atoms with E-state index in [9.17, 15) is 4.79 Å². The number of nitrogens with one attached hydrogen (secondary N) is 1. The van der Waals surface area contributed by atoms with E-state index in [1.54, 1.807) is 11.3 Å². The highest BCUT2D eigenvalue weighted by Gasteiger charge is 2.13. The van der Waals surface area contributed by atoms with Crippen molar-refractivity contribution in [2.24, 2.45) is 0 Å². The number of thiophene rings is 1. The van der Waals surface area contributed by atoms with E-state index in [1.807, 2.05) is 48.7 Å². The molecule has 3 rings (SSSR count). The van der Waals surface area contributed by atoms with E-state index >= 15 is 0 Å². The zero-order valence-corrected chi connectivity index (χ0v) is 16.1. The van der Waals surface area contributed by atoms with Gasteiger partial charge in [-0.05, 0) is 36.4 Å². The van der Waals surface area contributed by atoms with Crippen LogP contribution in [0, 0.1) is 0 Å². The van der Waals surface area contributed by atoms with Gasteiger partial charge in [0.2, 0.25) is 17.6 Å². The Bertz CT molecular complexity index is 832. The summed E-state index contributed by atoms with van der Waals surface area (Å²) >= 11 is 5.08. The fourth-order valence-electron chi connectivity index (χ4n) is 2.48. The lowest BCUT2D eigenvalue weighted by molar-refractivity contribution is -0.121. The number of carbonyl (C=O) groups excluding carboxylic acids is 1. The first-order chi connectivity index (χ1) is 12.1. The van der Waals surface area contributed by atoms with E-state index in [-0.39, 0.29) is 11.9 Å². The summed E-state index contributed by atoms with van der Waals surface area (Å²) in [5.41, 5.74) is 1.06. The molecule has 1 atom stereocenters.